The van der Waals surface area contributed by atoms with E-state index in [4.69, 9.17) is 18.9 Å². The molecule has 10 rings (SSSR count). The van der Waals surface area contributed by atoms with E-state index in [-0.39, 0.29) is 54.8 Å². The van der Waals surface area contributed by atoms with Crippen LogP contribution in [0.2, 0.25) is 0 Å². The minimum Gasteiger partial charge on any atom is -0.494 e. The third kappa shape index (κ3) is 7.77. The highest BCUT2D eigenvalue weighted by Gasteiger charge is 2.42. The Morgan fingerprint density at radius 1 is 0.783 bits per heavy atom. The first-order valence-electron chi connectivity index (χ1n) is 21.8. The van der Waals surface area contributed by atoms with Crippen molar-refractivity contribution in [3.63, 3.8) is 0 Å². The summed E-state index contributed by atoms with van der Waals surface area (Å²) in [4.78, 5) is 53.1. The molecular weight excluding hydrogens is 765 g/mol. The van der Waals surface area contributed by atoms with E-state index in [1.54, 1.807) is 18.3 Å². The fourth-order valence-electron chi connectivity index (χ4n) is 9.84. The fraction of sp³-hybridized carbons (Fsp3) is 0.556. The number of amides is 3. The van der Waals surface area contributed by atoms with E-state index in [9.17, 15) is 14.4 Å². The highest BCUT2D eigenvalue weighted by atomic mass is 16.5. The molecule has 4 aliphatic heterocycles. The lowest BCUT2D eigenvalue weighted by Crippen LogP contribution is -2.52. The number of hydrogen-bond donors (Lipinski definition) is 2. The van der Waals surface area contributed by atoms with Gasteiger partial charge in [0.2, 0.25) is 11.8 Å². The molecule has 0 radical (unpaired) electrons. The molecule has 3 saturated heterocycles. The molecule has 5 fully saturated rings. The summed E-state index contributed by atoms with van der Waals surface area (Å²) >= 11 is 0. The Bertz CT molecular complexity index is 2270. The zero-order valence-electron chi connectivity index (χ0n) is 34.5. The van der Waals surface area contributed by atoms with E-state index in [0.717, 1.165) is 135 Å². The highest BCUT2D eigenvalue weighted by Crippen LogP contribution is 2.43. The summed E-state index contributed by atoms with van der Waals surface area (Å²) in [5.41, 5.74) is 4.83. The van der Waals surface area contributed by atoms with Gasteiger partial charge in [0.1, 0.15) is 41.0 Å². The zero-order chi connectivity index (χ0) is 41.0. The Hall–Kier alpha value is -5.28. The Labute approximate surface area is 349 Å². The Kier molecular flexibility index (Phi) is 10.3. The van der Waals surface area contributed by atoms with Crippen molar-refractivity contribution in [1.82, 2.24) is 30.4 Å². The number of rotatable bonds is 11. The Morgan fingerprint density at radius 3 is 2.13 bits per heavy atom. The van der Waals surface area contributed by atoms with E-state index in [1.807, 2.05) is 30.3 Å². The lowest BCUT2D eigenvalue weighted by atomic mass is 9.93. The lowest BCUT2D eigenvalue weighted by molar-refractivity contribution is -0.136. The summed E-state index contributed by atoms with van der Waals surface area (Å²) in [7, 11) is 1.64. The number of piperidine rings is 3. The van der Waals surface area contributed by atoms with E-state index >= 15 is 0 Å². The molecule has 316 valence electrons. The van der Waals surface area contributed by atoms with Crippen LogP contribution in [0.1, 0.15) is 99.9 Å². The number of imide groups is 1. The minimum absolute atomic E-state index is 0.0490. The largest absolute Gasteiger partial charge is 0.494 e. The molecular formula is C45H54N8O7. The number of anilines is 2. The number of nitrogens with one attached hydrogen (secondary N) is 2. The molecule has 60 heavy (non-hydrogen) atoms. The van der Waals surface area contributed by atoms with E-state index < -0.39 is 11.9 Å². The minimum atomic E-state index is -0.657. The smallest absolute Gasteiger partial charge is 0.255 e. The highest BCUT2D eigenvalue weighted by molar-refractivity contribution is 6.06. The van der Waals surface area contributed by atoms with Crippen LogP contribution in [0.25, 0.3) is 22.3 Å². The quantitative estimate of drug-likeness (QED) is 0.178. The third-order valence-corrected chi connectivity index (χ3v) is 13.5. The van der Waals surface area contributed by atoms with Crippen molar-refractivity contribution < 1.29 is 33.3 Å². The second-order valence-corrected chi connectivity index (χ2v) is 17.7. The van der Waals surface area contributed by atoms with Gasteiger partial charge in [0.15, 0.2) is 0 Å². The molecule has 4 aromatic rings. The Morgan fingerprint density at radius 2 is 1.47 bits per heavy atom. The fourth-order valence-corrected chi connectivity index (χ4v) is 9.84. The molecule has 2 saturated carbocycles. The number of aromatic nitrogens is 4. The maximum atomic E-state index is 13.4. The standard InChI is InChI=1S/C45H54N8O7/c1-45(17-18-45)60-31-7-9-35-33(23-31)41(50-49-35)36-24-39(47-26-46-36)52-21-15-30(16-22-52)59-28-5-3-27(4-6-28)58-29-13-19-51(20-14-29)37-10-8-32-34(42(37)57-2)25-53(44(32)56)38-11-12-40(54)48-43(38)55/h7-10,23-24,26-30,38H,3-6,11-22,25H2,1-2H3,(H,49,50)(H,48,54,55)/t27-,28-,38?. The van der Waals surface area contributed by atoms with E-state index in [2.05, 4.69) is 48.3 Å². The van der Waals surface area contributed by atoms with Gasteiger partial charge in [-0.15, -0.1) is 0 Å². The summed E-state index contributed by atoms with van der Waals surface area (Å²) in [5.74, 6) is 1.56. The van der Waals surface area contributed by atoms with Crippen molar-refractivity contribution in [3.05, 3.63) is 53.9 Å². The van der Waals surface area contributed by atoms with Gasteiger partial charge < -0.3 is 33.6 Å². The van der Waals surface area contributed by atoms with Crippen molar-refractivity contribution in [2.45, 2.75) is 127 Å². The second kappa shape index (κ2) is 16.0. The summed E-state index contributed by atoms with van der Waals surface area (Å²) in [6, 6.07) is 11.3. The first-order chi connectivity index (χ1) is 29.2. The first-order valence-corrected chi connectivity index (χ1v) is 21.8. The summed E-state index contributed by atoms with van der Waals surface area (Å²) in [6.07, 6.45) is 13.1. The predicted molar refractivity (Wildman–Crippen MR) is 223 cm³/mol. The molecule has 2 aliphatic carbocycles. The van der Waals surface area contributed by atoms with Gasteiger partial charge in [-0.1, -0.05) is 0 Å². The molecule has 0 bridgehead atoms. The number of methoxy groups -OCH3 is 1. The van der Waals surface area contributed by atoms with E-state index in [1.165, 1.54) is 0 Å². The SMILES string of the molecule is COc1c(N2CCC(O[C@H]3CC[C@H](OC4CCN(c5cc(-c6n[nH]c7ccc(OC8(C)CC8)cc67)ncn5)CC4)CC3)CC2)ccc2c1CN(C1CCC(=O)NC1=O)C2=O. The van der Waals surface area contributed by atoms with Crippen molar-refractivity contribution in [2.24, 2.45) is 0 Å². The predicted octanol–water partition coefficient (Wildman–Crippen LogP) is 5.70. The van der Waals surface area contributed by atoms with Crippen molar-refractivity contribution in [2.75, 3.05) is 43.1 Å². The average molecular weight is 819 g/mol. The van der Waals surface area contributed by atoms with Gasteiger partial charge in [-0.3, -0.25) is 24.8 Å². The summed E-state index contributed by atoms with van der Waals surface area (Å²) in [5, 5.41) is 11.1. The van der Waals surface area contributed by atoms with Gasteiger partial charge in [-0.05, 0) is 108 Å². The number of aromatic amines is 1. The molecule has 6 heterocycles. The maximum Gasteiger partial charge on any atom is 0.255 e. The molecule has 1 atom stereocenters. The first kappa shape index (κ1) is 38.9. The number of carbonyl (C=O) groups excluding carboxylic acids is 3. The zero-order valence-corrected chi connectivity index (χ0v) is 34.5. The van der Waals surface area contributed by atoms with Crippen LogP contribution in [-0.2, 0) is 25.6 Å². The number of carbonyl (C=O) groups is 3. The molecule has 6 aliphatic rings. The van der Waals surface area contributed by atoms with Crippen LogP contribution >= 0.6 is 0 Å². The van der Waals surface area contributed by atoms with Crippen LogP contribution in [0.5, 0.6) is 11.5 Å². The van der Waals surface area contributed by atoms with Gasteiger partial charge >= 0.3 is 0 Å². The number of H-pyrrole nitrogens is 1. The van der Waals surface area contributed by atoms with Gasteiger partial charge in [0.05, 0.1) is 55.0 Å². The van der Waals surface area contributed by atoms with Crippen molar-refractivity contribution in [3.8, 4) is 22.9 Å². The maximum absolute atomic E-state index is 13.4. The third-order valence-electron chi connectivity index (χ3n) is 13.5. The van der Waals surface area contributed by atoms with Crippen LogP contribution < -0.4 is 24.6 Å². The summed E-state index contributed by atoms with van der Waals surface area (Å²) in [6.45, 7) is 5.85. The second-order valence-electron chi connectivity index (χ2n) is 17.7. The van der Waals surface area contributed by atoms with Gasteiger partial charge in [-0.2, -0.15) is 5.10 Å². The molecule has 2 N–H and O–H groups in total. The van der Waals surface area contributed by atoms with Crippen LogP contribution in [0.3, 0.4) is 0 Å². The van der Waals surface area contributed by atoms with Crippen LogP contribution in [0.15, 0.2) is 42.7 Å². The normalized spacial score (nSPS) is 24.8. The molecule has 1 unspecified atom stereocenters. The van der Waals surface area contributed by atoms with Gasteiger partial charge in [-0.25, -0.2) is 9.97 Å². The number of hydrogen-bond acceptors (Lipinski definition) is 12. The Balaban J connectivity index is 0.673. The lowest BCUT2D eigenvalue weighted by Gasteiger charge is -2.39. The van der Waals surface area contributed by atoms with Crippen molar-refractivity contribution >= 4 is 40.1 Å². The van der Waals surface area contributed by atoms with Crippen LogP contribution in [-0.4, -0.2) is 112 Å². The molecule has 15 nitrogen and oxygen atoms in total. The number of fused-ring (bicyclic) bond motifs is 2. The number of benzene rings is 2. The summed E-state index contributed by atoms with van der Waals surface area (Å²) < 4.78 is 25.5. The molecule has 3 amide bonds. The number of nitrogens with zero attached hydrogens (tertiary/aromatic N) is 6. The average Bonchev–Trinajstić information content (AvgIpc) is 3.68. The molecule has 15 heteroatoms. The monoisotopic (exact) mass is 818 g/mol. The van der Waals surface area contributed by atoms with Crippen LogP contribution in [0, 0.1) is 0 Å². The van der Waals surface area contributed by atoms with E-state index in [0.29, 0.717) is 17.7 Å². The number of ether oxygens (including phenoxy) is 4. The van der Waals surface area contributed by atoms with Gasteiger partial charge in [0, 0.05) is 55.2 Å². The molecule has 2 aromatic carbocycles. The molecule has 2 aromatic heterocycles. The van der Waals surface area contributed by atoms with Crippen LogP contribution in [0.4, 0.5) is 11.5 Å². The topological polar surface area (TPSA) is 164 Å². The van der Waals surface area contributed by atoms with Crippen molar-refractivity contribution in [1.29, 1.82) is 0 Å². The van der Waals surface area contributed by atoms with Gasteiger partial charge in [0.25, 0.3) is 5.91 Å². The molecule has 0 spiro atoms.